The first-order chi connectivity index (χ1) is 10.6. The number of aldehydes is 1. The van der Waals surface area contributed by atoms with Crippen LogP contribution in [0.1, 0.15) is 24.0 Å². The van der Waals surface area contributed by atoms with E-state index in [2.05, 4.69) is 0 Å². The molecular weight excluding hydrogens is 296 g/mol. The summed E-state index contributed by atoms with van der Waals surface area (Å²) >= 11 is 0. The fourth-order valence-electron chi connectivity index (χ4n) is 2.85. The second-order valence-electron chi connectivity index (χ2n) is 5.32. The normalized spacial score (nSPS) is 16.3. The summed E-state index contributed by atoms with van der Waals surface area (Å²) in [5, 5.41) is 0. The van der Waals surface area contributed by atoms with Crippen molar-refractivity contribution in [1.29, 1.82) is 0 Å². The Morgan fingerprint density at radius 1 is 0.909 bits per heavy atom. The van der Waals surface area contributed by atoms with E-state index in [-0.39, 0.29) is 0 Å². The number of fused-ring (bicyclic) bond motifs is 1. The lowest BCUT2D eigenvalue weighted by atomic mass is 9.87. The zero-order chi connectivity index (χ0) is 15.6. The van der Waals surface area contributed by atoms with E-state index in [1.54, 1.807) is 48.5 Å². The van der Waals surface area contributed by atoms with Gasteiger partial charge < -0.3 is 0 Å². The number of allylic oxidation sites excluding steroid dienone is 2. The molecule has 22 heavy (non-hydrogen) atoms. The van der Waals surface area contributed by atoms with Gasteiger partial charge >= 0.3 is 0 Å². The lowest BCUT2D eigenvalue weighted by Gasteiger charge is -2.19. The van der Waals surface area contributed by atoms with Gasteiger partial charge in [0, 0.05) is 0 Å². The molecule has 0 fully saturated rings. The Labute approximate surface area is 130 Å². The molecular formula is C18H16O3S. The van der Waals surface area contributed by atoms with Gasteiger partial charge in [0.05, 0.1) is 9.79 Å². The second-order valence-corrected chi connectivity index (χ2v) is 7.27. The third kappa shape index (κ3) is 2.62. The van der Waals surface area contributed by atoms with E-state index < -0.39 is 9.84 Å². The average Bonchev–Trinajstić information content (AvgIpc) is 2.56. The van der Waals surface area contributed by atoms with Crippen LogP contribution in [0.5, 0.6) is 0 Å². The van der Waals surface area contributed by atoms with Crippen LogP contribution in [0.15, 0.2) is 64.4 Å². The molecule has 0 saturated carbocycles. The Bertz CT molecular complexity index is 834. The van der Waals surface area contributed by atoms with Crippen LogP contribution in [0.4, 0.5) is 0 Å². The summed E-state index contributed by atoms with van der Waals surface area (Å²) in [5.74, 6) is 0. The Morgan fingerprint density at radius 3 is 2.41 bits per heavy atom. The maximum Gasteiger partial charge on any atom is 0.206 e. The molecule has 0 amide bonds. The summed E-state index contributed by atoms with van der Waals surface area (Å²) in [4.78, 5) is 11.3. The fraction of sp³-hybridized carbons (Fsp3) is 0.167. The van der Waals surface area contributed by atoms with Crippen LogP contribution in [-0.4, -0.2) is 14.7 Å². The first-order valence-electron chi connectivity index (χ1n) is 7.21. The molecule has 2 aromatic carbocycles. The topological polar surface area (TPSA) is 51.2 Å². The number of aryl methyl sites for hydroxylation is 1. The van der Waals surface area contributed by atoms with Gasteiger partial charge in [0.15, 0.2) is 0 Å². The standard InChI is InChI=1S/C18H16O3S/c19-12-11-14-5-4-6-15-13-17(9-10-18(14)15)22(20,21)16-7-2-1-3-8-16/h1-3,7-13H,4-6H2/b14-11+. The molecule has 3 rings (SSSR count). The SMILES string of the molecule is O=C/C=C1\CCCc2cc(S(=O)(=O)c3ccccc3)ccc21. The monoisotopic (exact) mass is 312 g/mol. The minimum Gasteiger partial charge on any atom is -0.299 e. The molecule has 0 spiro atoms. The minimum atomic E-state index is -3.49. The van der Waals surface area contributed by atoms with Crippen LogP contribution in [0.2, 0.25) is 0 Å². The van der Waals surface area contributed by atoms with Gasteiger partial charge in [-0.15, -0.1) is 0 Å². The molecule has 0 aromatic heterocycles. The van der Waals surface area contributed by atoms with Crippen molar-refractivity contribution in [2.75, 3.05) is 0 Å². The Morgan fingerprint density at radius 2 is 1.68 bits per heavy atom. The van der Waals surface area contributed by atoms with E-state index in [1.165, 1.54) is 0 Å². The largest absolute Gasteiger partial charge is 0.299 e. The van der Waals surface area contributed by atoms with Gasteiger partial charge in [-0.05, 0) is 66.3 Å². The van der Waals surface area contributed by atoms with Crippen LogP contribution in [-0.2, 0) is 21.1 Å². The van der Waals surface area contributed by atoms with Crippen molar-refractivity contribution in [2.24, 2.45) is 0 Å². The highest BCUT2D eigenvalue weighted by molar-refractivity contribution is 7.91. The number of hydrogen-bond acceptors (Lipinski definition) is 3. The maximum atomic E-state index is 12.7. The van der Waals surface area contributed by atoms with Gasteiger partial charge in [-0.3, -0.25) is 4.79 Å². The lowest BCUT2D eigenvalue weighted by molar-refractivity contribution is -0.104. The van der Waals surface area contributed by atoms with Crippen LogP contribution >= 0.6 is 0 Å². The number of carbonyl (C=O) groups excluding carboxylic acids is 1. The van der Waals surface area contributed by atoms with Crippen molar-refractivity contribution in [3.8, 4) is 0 Å². The molecule has 4 heteroatoms. The molecule has 0 aliphatic heterocycles. The molecule has 0 radical (unpaired) electrons. The van der Waals surface area contributed by atoms with Crippen molar-refractivity contribution in [3.05, 3.63) is 65.7 Å². The zero-order valence-electron chi connectivity index (χ0n) is 12.0. The summed E-state index contributed by atoms with van der Waals surface area (Å²) in [7, 11) is -3.49. The number of sulfone groups is 1. The van der Waals surface area contributed by atoms with Gasteiger partial charge in [-0.25, -0.2) is 8.42 Å². The smallest absolute Gasteiger partial charge is 0.206 e. The lowest BCUT2D eigenvalue weighted by Crippen LogP contribution is -2.07. The molecule has 3 nitrogen and oxygen atoms in total. The minimum absolute atomic E-state index is 0.300. The summed E-state index contributed by atoms with van der Waals surface area (Å²) in [6, 6.07) is 13.6. The fourth-order valence-corrected chi connectivity index (χ4v) is 4.18. The van der Waals surface area contributed by atoms with Crippen LogP contribution < -0.4 is 0 Å². The predicted molar refractivity (Wildman–Crippen MR) is 85.3 cm³/mol. The molecule has 1 aliphatic carbocycles. The van der Waals surface area contributed by atoms with Crippen LogP contribution in [0, 0.1) is 0 Å². The van der Waals surface area contributed by atoms with Crippen molar-refractivity contribution >= 4 is 21.7 Å². The van der Waals surface area contributed by atoms with Gasteiger partial charge in [0.1, 0.15) is 6.29 Å². The van der Waals surface area contributed by atoms with Crippen LogP contribution in [0.25, 0.3) is 5.57 Å². The Kier molecular flexibility index (Phi) is 3.94. The quantitative estimate of drug-likeness (QED) is 0.644. The first-order valence-corrected chi connectivity index (χ1v) is 8.69. The molecule has 0 atom stereocenters. The summed E-state index contributed by atoms with van der Waals surface area (Å²) < 4.78 is 25.3. The van der Waals surface area contributed by atoms with Crippen molar-refractivity contribution < 1.29 is 13.2 Å². The van der Waals surface area contributed by atoms with Gasteiger partial charge in [-0.2, -0.15) is 0 Å². The van der Waals surface area contributed by atoms with Crippen molar-refractivity contribution in [2.45, 2.75) is 29.1 Å². The Hall–Kier alpha value is -2.20. The summed E-state index contributed by atoms with van der Waals surface area (Å²) in [6.07, 6.45) is 4.99. The summed E-state index contributed by atoms with van der Waals surface area (Å²) in [5.41, 5.74) is 2.97. The first kappa shape index (κ1) is 14.7. The third-order valence-electron chi connectivity index (χ3n) is 3.95. The van der Waals surface area contributed by atoms with Gasteiger partial charge in [-0.1, -0.05) is 24.3 Å². The summed E-state index contributed by atoms with van der Waals surface area (Å²) in [6.45, 7) is 0. The zero-order valence-corrected chi connectivity index (χ0v) is 12.8. The highest BCUT2D eigenvalue weighted by Gasteiger charge is 2.21. The van der Waals surface area contributed by atoms with E-state index in [9.17, 15) is 13.2 Å². The second kappa shape index (κ2) is 5.89. The number of rotatable bonds is 3. The highest BCUT2D eigenvalue weighted by atomic mass is 32.2. The van der Waals surface area contributed by atoms with E-state index in [0.717, 1.165) is 42.2 Å². The molecule has 0 saturated heterocycles. The van der Waals surface area contributed by atoms with E-state index in [0.29, 0.717) is 9.79 Å². The van der Waals surface area contributed by atoms with E-state index in [4.69, 9.17) is 0 Å². The molecule has 0 unspecified atom stereocenters. The molecule has 2 aromatic rings. The molecule has 0 N–H and O–H groups in total. The highest BCUT2D eigenvalue weighted by Crippen LogP contribution is 2.33. The van der Waals surface area contributed by atoms with Crippen molar-refractivity contribution in [3.63, 3.8) is 0 Å². The van der Waals surface area contributed by atoms with E-state index in [1.807, 2.05) is 6.07 Å². The maximum absolute atomic E-state index is 12.7. The van der Waals surface area contributed by atoms with Crippen LogP contribution in [0.3, 0.4) is 0 Å². The van der Waals surface area contributed by atoms with E-state index >= 15 is 0 Å². The molecule has 0 heterocycles. The average molecular weight is 312 g/mol. The number of benzene rings is 2. The molecule has 1 aliphatic rings. The molecule has 112 valence electrons. The van der Waals surface area contributed by atoms with Crippen molar-refractivity contribution in [1.82, 2.24) is 0 Å². The Balaban J connectivity index is 2.08. The van der Waals surface area contributed by atoms with Gasteiger partial charge in [0.25, 0.3) is 0 Å². The number of hydrogen-bond donors (Lipinski definition) is 0. The predicted octanol–water partition coefficient (Wildman–Crippen LogP) is 3.44. The van der Waals surface area contributed by atoms with Gasteiger partial charge in [0.2, 0.25) is 9.84 Å². The molecule has 0 bridgehead atoms. The third-order valence-corrected chi connectivity index (χ3v) is 5.72. The number of carbonyl (C=O) groups is 1.